The van der Waals surface area contributed by atoms with Crippen molar-refractivity contribution in [3.05, 3.63) is 28.8 Å². The fourth-order valence-electron chi connectivity index (χ4n) is 1.54. The molecular formula is C13H19ClF2IN3O. The van der Waals surface area contributed by atoms with E-state index in [4.69, 9.17) is 11.6 Å². The molecule has 0 heterocycles. The quantitative estimate of drug-likeness (QED) is 0.423. The minimum absolute atomic E-state index is 0. The summed E-state index contributed by atoms with van der Waals surface area (Å²) in [6.07, 6.45) is 0. The van der Waals surface area contributed by atoms with E-state index in [1.165, 1.54) is 12.1 Å². The Morgan fingerprint density at radius 2 is 2.05 bits per heavy atom. The minimum atomic E-state index is -2.87. The molecule has 0 saturated heterocycles. The molecule has 2 N–H and O–H groups in total. The third-order valence-corrected chi connectivity index (χ3v) is 2.57. The first-order valence-electron chi connectivity index (χ1n) is 6.12. The van der Waals surface area contributed by atoms with Gasteiger partial charge in [-0.3, -0.25) is 4.99 Å². The van der Waals surface area contributed by atoms with Gasteiger partial charge < -0.3 is 15.4 Å². The van der Waals surface area contributed by atoms with Gasteiger partial charge in [0.05, 0.1) is 0 Å². The highest BCUT2D eigenvalue weighted by Gasteiger charge is 2.11. The molecule has 120 valence electrons. The van der Waals surface area contributed by atoms with Crippen molar-refractivity contribution in [3.63, 3.8) is 0 Å². The van der Waals surface area contributed by atoms with E-state index < -0.39 is 6.61 Å². The number of halogens is 4. The number of hydrogen-bond acceptors (Lipinski definition) is 2. The average Bonchev–Trinajstić information content (AvgIpc) is 2.36. The van der Waals surface area contributed by atoms with Crippen LogP contribution in [0.2, 0.25) is 5.02 Å². The zero-order valence-electron chi connectivity index (χ0n) is 12.0. The summed E-state index contributed by atoms with van der Waals surface area (Å²) in [6.45, 7) is 1.34. The van der Waals surface area contributed by atoms with Gasteiger partial charge in [-0.15, -0.1) is 24.0 Å². The SMILES string of the molecule is CN=C(NCc1cc(Cl)ccc1OC(F)F)NC(C)C.I. The van der Waals surface area contributed by atoms with Gasteiger partial charge in [-0.2, -0.15) is 8.78 Å². The summed E-state index contributed by atoms with van der Waals surface area (Å²) in [7, 11) is 1.63. The second-order valence-electron chi connectivity index (χ2n) is 4.36. The van der Waals surface area contributed by atoms with Gasteiger partial charge in [0.2, 0.25) is 0 Å². The Labute approximate surface area is 145 Å². The van der Waals surface area contributed by atoms with Crippen molar-refractivity contribution >= 4 is 41.5 Å². The Hall–Kier alpha value is -0.830. The molecule has 0 aliphatic heterocycles. The van der Waals surface area contributed by atoms with E-state index in [1.807, 2.05) is 13.8 Å². The molecule has 21 heavy (non-hydrogen) atoms. The maximum atomic E-state index is 12.3. The molecule has 0 saturated carbocycles. The number of alkyl halides is 2. The summed E-state index contributed by atoms with van der Waals surface area (Å²) in [4.78, 5) is 4.03. The summed E-state index contributed by atoms with van der Waals surface area (Å²) < 4.78 is 29.1. The smallest absolute Gasteiger partial charge is 0.387 e. The van der Waals surface area contributed by atoms with Gasteiger partial charge >= 0.3 is 6.61 Å². The first-order chi connectivity index (χ1) is 9.42. The molecule has 1 rings (SSSR count). The van der Waals surface area contributed by atoms with E-state index in [0.717, 1.165) is 0 Å². The van der Waals surface area contributed by atoms with Gasteiger partial charge in [0, 0.05) is 30.2 Å². The van der Waals surface area contributed by atoms with E-state index in [-0.39, 0.29) is 42.3 Å². The summed E-state index contributed by atoms with van der Waals surface area (Å²) in [6, 6.07) is 4.71. The molecule has 8 heteroatoms. The number of guanidine groups is 1. The van der Waals surface area contributed by atoms with Crippen LogP contribution in [0.25, 0.3) is 0 Å². The van der Waals surface area contributed by atoms with Gasteiger partial charge in [-0.1, -0.05) is 11.6 Å². The summed E-state index contributed by atoms with van der Waals surface area (Å²) in [5.41, 5.74) is 0.532. The zero-order valence-corrected chi connectivity index (χ0v) is 15.1. The van der Waals surface area contributed by atoms with E-state index in [0.29, 0.717) is 16.5 Å². The van der Waals surface area contributed by atoms with Crippen molar-refractivity contribution < 1.29 is 13.5 Å². The standard InChI is InChI=1S/C13H18ClF2N3O.HI/c1-8(2)19-13(17-3)18-7-9-6-10(14)4-5-11(9)20-12(15)16;/h4-6,8,12H,7H2,1-3H3,(H2,17,18,19);1H. The lowest BCUT2D eigenvalue weighted by atomic mass is 10.2. The highest BCUT2D eigenvalue weighted by Crippen LogP contribution is 2.24. The highest BCUT2D eigenvalue weighted by atomic mass is 127. The Morgan fingerprint density at radius 1 is 1.38 bits per heavy atom. The summed E-state index contributed by atoms with van der Waals surface area (Å²) in [5.74, 6) is 0.667. The Bertz CT molecular complexity index is 473. The molecule has 0 amide bonds. The maximum Gasteiger partial charge on any atom is 0.387 e. The fourth-order valence-corrected chi connectivity index (χ4v) is 1.74. The molecular weight excluding hydrogens is 415 g/mol. The van der Waals surface area contributed by atoms with Crippen LogP contribution < -0.4 is 15.4 Å². The van der Waals surface area contributed by atoms with Gasteiger partial charge in [-0.25, -0.2) is 0 Å². The van der Waals surface area contributed by atoms with Gasteiger partial charge in [0.1, 0.15) is 5.75 Å². The number of benzene rings is 1. The third-order valence-electron chi connectivity index (χ3n) is 2.33. The first-order valence-corrected chi connectivity index (χ1v) is 6.50. The Morgan fingerprint density at radius 3 is 2.57 bits per heavy atom. The number of nitrogens with one attached hydrogen (secondary N) is 2. The first kappa shape index (κ1) is 20.2. The number of ether oxygens (including phenoxy) is 1. The van der Waals surface area contributed by atoms with E-state index >= 15 is 0 Å². The lowest BCUT2D eigenvalue weighted by molar-refractivity contribution is -0.0504. The second kappa shape index (κ2) is 9.99. The normalized spacial score (nSPS) is 11.3. The molecule has 0 unspecified atom stereocenters. The van der Waals surface area contributed by atoms with Crippen molar-refractivity contribution in [2.24, 2.45) is 4.99 Å². The molecule has 0 atom stereocenters. The van der Waals surface area contributed by atoms with Crippen LogP contribution >= 0.6 is 35.6 Å². The van der Waals surface area contributed by atoms with Crippen LogP contribution in [0, 0.1) is 0 Å². The van der Waals surface area contributed by atoms with Crippen molar-refractivity contribution in [1.29, 1.82) is 0 Å². The van der Waals surface area contributed by atoms with Crippen LogP contribution in [-0.4, -0.2) is 25.7 Å². The van der Waals surface area contributed by atoms with E-state index in [1.54, 1.807) is 13.1 Å². The molecule has 0 aliphatic carbocycles. The molecule has 4 nitrogen and oxygen atoms in total. The van der Waals surface area contributed by atoms with E-state index in [9.17, 15) is 8.78 Å². The van der Waals surface area contributed by atoms with Gasteiger partial charge in [0.25, 0.3) is 0 Å². The zero-order chi connectivity index (χ0) is 15.1. The molecule has 1 aromatic rings. The predicted molar refractivity (Wildman–Crippen MR) is 92.0 cm³/mol. The molecule has 0 aromatic heterocycles. The van der Waals surface area contributed by atoms with Crippen LogP contribution in [0.5, 0.6) is 5.75 Å². The van der Waals surface area contributed by atoms with E-state index in [2.05, 4.69) is 20.4 Å². The number of hydrogen-bond donors (Lipinski definition) is 2. The molecule has 0 bridgehead atoms. The van der Waals surface area contributed by atoms with Crippen molar-refractivity contribution in [2.45, 2.75) is 33.0 Å². The maximum absolute atomic E-state index is 12.3. The molecule has 0 spiro atoms. The molecule has 0 radical (unpaired) electrons. The van der Waals surface area contributed by atoms with Crippen LogP contribution in [0.15, 0.2) is 23.2 Å². The van der Waals surface area contributed by atoms with Crippen molar-refractivity contribution in [1.82, 2.24) is 10.6 Å². The molecule has 0 fully saturated rings. The van der Waals surface area contributed by atoms with Crippen LogP contribution in [0.4, 0.5) is 8.78 Å². The number of rotatable bonds is 5. The number of nitrogens with zero attached hydrogens (tertiary/aromatic N) is 1. The van der Waals surface area contributed by atoms with Crippen LogP contribution in [-0.2, 0) is 6.54 Å². The fraction of sp³-hybridized carbons (Fsp3) is 0.462. The van der Waals surface area contributed by atoms with Crippen LogP contribution in [0.1, 0.15) is 19.4 Å². The molecule has 1 aromatic carbocycles. The Kier molecular flexibility index (Phi) is 9.60. The highest BCUT2D eigenvalue weighted by molar-refractivity contribution is 14.0. The minimum Gasteiger partial charge on any atom is -0.434 e. The third kappa shape index (κ3) is 7.66. The van der Waals surface area contributed by atoms with Crippen molar-refractivity contribution in [3.8, 4) is 5.75 Å². The summed E-state index contributed by atoms with van der Waals surface area (Å²) in [5, 5.41) is 6.56. The van der Waals surface area contributed by atoms with Gasteiger partial charge in [0.15, 0.2) is 5.96 Å². The van der Waals surface area contributed by atoms with Crippen molar-refractivity contribution in [2.75, 3.05) is 7.05 Å². The average molecular weight is 434 g/mol. The largest absolute Gasteiger partial charge is 0.434 e. The lowest BCUT2D eigenvalue weighted by Gasteiger charge is -2.16. The van der Waals surface area contributed by atoms with Gasteiger partial charge in [-0.05, 0) is 32.0 Å². The number of aliphatic imine (C=N–C) groups is 1. The Balaban J connectivity index is 0.00000400. The van der Waals surface area contributed by atoms with Crippen LogP contribution in [0.3, 0.4) is 0 Å². The monoisotopic (exact) mass is 433 g/mol. The topological polar surface area (TPSA) is 45.7 Å². The predicted octanol–water partition coefficient (Wildman–Crippen LogP) is 3.63. The molecule has 0 aliphatic rings. The lowest BCUT2D eigenvalue weighted by Crippen LogP contribution is -2.40. The second-order valence-corrected chi connectivity index (χ2v) is 4.79. The summed E-state index contributed by atoms with van der Waals surface area (Å²) >= 11 is 5.87.